The molecule has 0 bridgehead atoms. The van der Waals surface area contributed by atoms with Crippen LogP contribution in [0, 0.1) is 5.82 Å². The lowest BCUT2D eigenvalue weighted by Gasteiger charge is -2.14. The van der Waals surface area contributed by atoms with Crippen LogP contribution in [0.25, 0.3) is 16.9 Å². The van der Waals surface area contributed by atoms with E-state index in [-0.39, 0.29) is 15.7 Å². The maximum absolute atomic E-state index is 14.5. The summed E-state index contributed by atoms with van der Waals surface area (Å²) >= 11 is 14.0. The first kappa shape index (κ1) is 16.3. The van der Waals surface area contributed by atoms with E-state index in [1.165, 1.54) is 28.7 Å². The Bertz CT molecular complexity index is 1050. The van der Waals surface area contributed by atoms with Crippen molar-refractivity contribution in [2.45, 2.75) is 9.92 Å². The van der Waals surface area contributed by atoms with Gasteiger partial charge in [-0.3, -0.25) is 0 Å². The monoisotopic (exact) mass is 390 g/mol. The molecule has 4 nitrogen and oxygen atoms in total. The molecule has 0 amide bonds. The first-order valence-electron chi connectivity index (χ1n) is 7.21. The minimum Gasteiger partial charge on any atom is -0.206 e. The van der Waals surface area contributed by atoms with E-state index in [1.54, 1.807) is 12.1 Å². The van der Waals surface area contributed by atoms with Gasteiger partial charge in [-0.15, -0.1) is 0 Å². The summed E-state index contributed by atoms with van der Waals surface area (Å²) < 4.78 is 16.1. The van der Waals surface area contributed by atoms with Crippen molar-refractivity contribution in [1.29, 1.82) is 0 Å². The molecule has 0 radical (unpaired) electrons. The van der Waals surface area contributed by atoms with E-state index in [1.807, 2.05) is 30.3 Å². The van der Waals surface area contributed by atoms with E-state index in [0.717, 1.165) is 4.90 Å². The van der Waals surface area contributed by atoms with Crippen molar-refractivity contribution in [2.24, 2.45) is 0 Å². The van der Waals surface area contributed by atoms with Gasteiger partial charge in [0.2, 0.25) is 0 Å². The molecule has 0 aliphatic heterocycles. The van der Waals surface area contributed by atoms with Crippen molar-refractivity contribution in [2.75, 3.05) is 0 Å². The van der Waals surface area contributed by atoms with Gasteiger partial charge in [0, 0.05) is 10.5 Å². The van der Waals surface area contributed by atoms with E-state index < -0.39 is 5.82 Å². The van der Waals surface area contributed by atoms with Crippen LogP contribution in [0.15, 0.2) is 64.8 Å². The standard InChI is InChI=1S/C17H9Cl2FN4S/c18-11-7-4-8-12(20)13(11)14-15(19)23-17-21-9-22-24(17)16(14)25-10-5-2-1-3-6-10/h1-9H. The van der Waals surface area contributed by atoms with Crippen LogP contribution in [0.5, 0.6) is 0 Å². The predicted octanol–water partition coefficient (Wildman–Crippen LogP) is 5.39. The van der Waals surface area contributed by atoms with Gasteiger partial charge in [-0.05, 0) is 24.3 Å². The largest absolute Gasteiger partial charge is 0.254 e. The lowest BCUT2D eigenvalue weighted by molar-refractivity contribution is 0.630. The molecule has 0 spiro atoms. The van der Waals surface area contributed by atoms with E-state index in [2.05, 4.69) is 15.1 Å². The average molecular weight is 391 g/mol. The summed E-state index contributed by atoms with van der Waals surface area (Å²) in [7, 11) is 0. The summed E-state index contributed by atoms with van der Waals surface area (Å²) in [5.41, 5.74) is 0.578. The lowest BCUT2D eigenvalue weighted by Crippen LogP contribution is -2.01. The zero-order valence-electron chi connectivity index (χ0n) is 12.5. The summed E-state index contributed by atoms with van der Waals surface area (Å²) in [6.07, 6.45) is 1.38. The molecule has 8 heteroatoms. The summed E-state index contributed by atoms with van der Waals surface area (Å²) in [5, 5.41) is 5.15. The molecule has 0 saturated heterocycles. The molecule has 0 aliphatic carbocycles. The molecule has 0 atom stereocenters. The van der Waals surface area contributed by atoms with Gasteiger partial charge in [0.25, 0.3) is 5.78 Å². The second-order valence-electron chi connectivity index (χ2n) is 5.07. The number of nitrogens with zero attached hydrogens (tertiary/aromatic N) is 4. The summed E-state index contributed by atoms with van der Waals surface area (Å²) in [6.45, 7) is 0. The Balaban J connectivity index is 2.03. The highest BCUT2D eigenvalue weighted by Crippen LogP contribution is 2.42. The van der Waals surface area contributed by atoms with Crippen LogP contribution in [-0.2, 0) is 0 Å². The second-order valence-corrected chi connectivity index (χ2v) is 6.89. The highest BCUT2D eigenvalue weighted by Gasteiger charge is 2.23. The van der Waals surface area contributed by atoms with Crippen molar-refractivity contribution in [3.8, 4) is 11.1 Å². The van der Waals surface area contributed by atoms with Gasteiger partial charge in [0.1, 0.15) is 22.3 Å². The van der Waals surface area contributed by atoms with Crippen LogP contribution >= 0.6 is 35.0 Å². The maximum atomic E-state index is 14.5. The fourth-order valence-electron chi connectivity index (χ4n) is 2.43. The molecule has 25 heavy (non-hydrogen) atoms. The first-order valence-corrected chi connectivity index (χ1v) is 8.79. The Morgan fingerprint density at radius 3 is 2.52 bits per heavy atom. The number of halogens is 3. The summed E-state index contributed by atoms with van der Waals surface area (Å²) in [5.74, 6) is -0.148. The zero-order valence-corrected chi connectivity index (χ0v) is 14.9. The Morgan fingerprint density at radius 1 is 0.960 bits per heavy atom. The molecule has 0 aliphatic rings. The Hall–Kier alpha value is -2.15. The number of rotatable bonds is 3. The average Bonchev–Trinajstić information content (AvgIpc) is 3.06. The van der Waals surface area contributed by atoms with Gasteiger partial charge in [0.15, 0.2) is 0 Å². The van der Waals surface area contributed by atoms with Crippen molar-refractivity contribution in [3.63, 3.8) is 0 Å². The molecular weight excluding hydrogens is 382 g/mol. The van der Waals surface area contributed by atoms with Gasteiger partial charge in [0.05, 0.1) is 10.6 Å². The highest BCUT2D eigenvalue weighted by atomic mass is 35.5. The highest BCUT2D eigenvalue weighted by molar-refractivity contribution is 7.99. The third-order valence-corrected chi connectivity index (χ3v) is 5.18. The lowest BCUT2D eigenvalue weighted by atomic mass is 10.1. The molecule has 0 saturated carbocycles. The van der Waals surface area contributed by atoms with Gasteiger partial charge in [-0.25, -0.2) is 4.39 Å². The second kappa shape index (κ2) is 6.63. The van der Waals surface area contributed by atoms with E-state index in [9.17, 15) is 4.39 Å². The molecule has 124 valence electrons. The first-order chi connectivity index (χ1) is 12.1. The Morgan fingerprint density at radius 2 is 1.76 bits per heavy atom. The van der Waals surface area contributed by atoms with E-state index in [0.29, 0.717) is 16.4 Å². The number of benzene rings is 2. The number of hydrogen-bond donors (Lipinski definition) is 0. The fraction of sp³-hybridized carbons (Fsp3) is 0. The van der Waals surface area contributed by atoms with E-state index >= 15 is 0 Å². The molecule has 0 unspecified atom stereocenters. The minimum atomic E-state index is -0.481. The number of hydrogen-bond acceptors (Lipinski definition) is 4. The fourth-order valence-corrected chi connectivity index (χ4v) is 4.04. The quantitative estimate of drug-likeness (QED) is 0.440. The molecular formula is C17H9Cl2FN4S. The van der Waals surface area contributed by atoms with Gasteiger partial charge < -0.3 is 0 Å². The molecule has 2 heterocycles. The SMILES string of the molecule is Fc1cccc(Cl)c1-c1c(Cl)nc2ncnn2c1Sc1ccccc1. The zero-order chi connectivity index (χ0) is 17.4. The topological polar surface area (TPSA) is 43.1 Å². The summed E-state index contributed by atoms with van der Waals surface area (Å²) in [4.78, 5) is 9.23. The molecule has 2 aromatic heterocycles. The van der Waals surface area contributed by atoms with Crippen LogP contribution in [-0.4, -0.2) is 19.6 Å². The molecule has 4 aromatic rings. The summed E-state index contributed by atoms with van der Waals surface area (Å²) in [6, 6.07) is 14.1. The van der Waals surface area contributed by atoms with Crippen LogP contribution in [0.2, 0.25) is 10.2 Å². The Kier molecular flexibility index (Phi) is 4.33. The third-order valence-electron chi connectivity index (χ3n) is 3.51. The van der Waals surface area contributed by atoms with Gasteiger partial charge in [-0.2, -0.15) is 19.6 Å². The van der Waals surface area contributed by atoms with Crippen LogP contribution < -0.4 is 0 Å². The van der Waals surface area contributed by atoms with Crippen molar-refractivity contribution < 1.29 is 4.39 Å². The molecule has 2 aromatic carbocycles. The maximum Gasteiger partial charge on any atom is 0.254 e. The van der Waals surface area contributed by atoms with Crippen molar-refractivity contribution in [3.05, 3.63) is 70.9 Å². The van der Waals surface area contributed by atoms with Crippen LogP contribution in [0.1, 0.15) is 0 Å². The molecule has 0 N–H and O–H groups in total. The van der Waals surface area contributed by atoms with E-state index in [4.69, 9.17) is 23.2 Å². The smallest absolute Gasteiger partial charge is 0.206 e. The predicted molar refractivity (Wildman–Crippen MR) is 96.8 cm³/mol. The molecule has 0 fully saturated rings. The van der Waals surface area contributed by atoms with Gasteiger partial charge in [-0.1, -0.05) is 59.2 Å². The minimum absolute atomic E-state index is 0.117. The third kappa shape index (κ3) is 2.97. The van der Waals surface area contributed by atoms with Gasteiger partial charge >= 0.3 is 0 Å². The van der Waals surface area contributed by atoms with Crippen LogP contribution in [0.4, 0.5) is 4.39 Å². The Labute approximate surface area is 156 Å². The number of fused-ring (bicyclic) bond motifs is 1. The van der Waals surface area contributed by atoms with Crippen LogP contribution in [0.3, 0.4) is 0 Å². The number of aromatic nitrogens is 4. The van der Waals surface area contributed by atoms with Crippen molar-refractivity contribution >= 4 is 40.7 Å². The normalized spacial score (nSPS) is 11.2. The molecule has 4 rings (SSSR count). The van der Waals surface area contributed by atoms with Crippen molar-refractivity contribution in [1.82, 2.24) is 19.6 Å².